The smallest absolute Gasteiger partial charge is 0.274 e. The molecule has 0 spiro atoms. The largest absolute Gasteiger partial charge is 0.397 e. The third-order valence-electron chi connectivity index (χ3n) is 2.45. The van der Waals surface area contributed by atoms with E-state index in [-0.39, 0.29) is 5.69 Å². The van der Waals surface area contributed by atoms with Gasteiger partial charge in [0.2, 0.25) is 0 Å². The minimum absolute atomic E-state index is 0.207. The van der Waals surface area contributed by atoms with Crippen molar-refractivity contribution in [2.75, 3.05) is 11.1 Å². The number of carbonyl (C=O) groups excluding carboxylic acids is 1. The summed E-state index contributed by atoms with van der Waals surface area (Å²) in [5.41, 5.74) is 7.36. The maximum atomic E-state index is 12.1. The van der Waals surface area contributed by atoms with Crippen molar-refractivity contribution in [1.29, 1.82) is 5.26 Å². The van der Waals surface area contributed by atoms with Gasteiger partial charge in [-0.2, -0.15) is 5.26 Å². The first-order chi connectivity index (χ1) is 9.51. The number of nitrogen functional groups attached to an aromatic ring is 1. The number of nitriles is 1. The summed E-state index contributed by atoms with van der Waals surface area (Å²) in [6, 6.07) is 8.42. The van der Waals surface area contributed by atoms with Crippen LogP contribution in [0.3, 0.4) is 0 Å². The highest BCUT2D eigenvalue weighted by molar-refractivity contribution is 9.11. The van der Waals surface area contributed by atoms with E-state index in [0.717, 1.165) is 4.47 Å². The van der Waals surface area contributed by atoms with Gasteiger partial charge < -0.3 is 11.1 Å². The molecule has 0 radical (unpaired) electrons. The van der Waals surface area contributed by atoms with Crippen LogP contribution in [0.4, 0.5) is 11.4 Å². The van der Waals surface area contributed by atoms with Crippen molar-refractivity contribution in [2.45, 2.75) is 0 Å². The van der Waals surface area contributed by atoms with Crippen LogP contribution in [0.15, 0.2) is 39.4 Å². The zero-order chi connectivity index (χ0) is 14.7. The number of amides is 1. The van der Waals surface area contributed by atoms with Crippen molar-refractivity contribution < 1.29 is 4.79 Å². The summed E-state index contributed by atoms with van der Waals surface area (Å²) in [4.78, 5) is 16.0. The van der Waals surface area contributed by atoms with E-state index in [1.165, 1.54) is 18.3 Å². The molecular weight excluding hydrogens is 388 g/mol. The molecule has 2 aromatic rings. The average Bonchev–Trinajstić information content (AvgIpc) is 2.42. The van der Waals surface area contributed by atoms with Crippen LogP contribution in [0.2, 0.25) is 0 Å². The first-order valence-corrected chi connectivity index (χ1v) is 7.02. The van der Waals surface area contributed by atoms with Crippen molar-refractivity contribution >= 4 is 49.1 Å². The number of aromatic nitrogens is 1. The number of nitrogens with one attached hydrogen (secondary N) is 1. The molecule has 3 N–H and O–H groups in total. The lowest BCUT2D eigenvalue weighted by Gasteiger charge is -2.10. The molecule has 0 unspecified atom stereocenters. The standard InChI is InChI=1S/C13H8Br2N4O/c14-8-3-9(15)12(10(17)4-8)19-13(20)11-2-1-7(5-16)6-18-11/h1-4,6H,17H2,(H,19,20). The second-order valence-corrected chi connectivity index (χ2v) is 5.62. The molecule has 0 saturated carbocycles. The van der Waals surface area contributed by atoms with Gasteiger partial charge in [0, 0.05) is 15.1 Å². The van der Waals surface area contributed by atoms with E-state index in [1.807, 2.05) is 6.07 Å². The summed E-state index contributed by atoms with van der Waals surface area (Å²) in [7, 11) is 0. The number of hydrogen-bond acceptors (Lipinski definition) is 4. The zero-order valence-corrected chi connectivity index (χ0v) is 13.2. The van der Waals surface area contributed by atoms with Crippen LogP contribution in [0.1, 0.15) is 16.1 Å². The molecule has 0 fully saturated rings. The van der Waals surface area contributed by atoms with Gasteiger partial charge in [-0.1, -0.05) is 15.9 Å². The quantitative estimate of drug-likeness (QED) is 0.763. The molecule has 1 aromatic carbocycles. The van der Waals surface area contributed by atoms with Gasteiger partial charge in [0.1, 0.15) is 11.8 Å². The highest BCUT2D eigenvalue weighted by Gasteiger charge is 2.12. The molecule has 1 heterocycles. The molecule has 0 saturated heterocycles. The predicted molar refractivity (Wildman–Crippen MR) is 83.2 cm³/mol. The Hall–Kier alpha value is -1.91. The van der Waals surface area contributed by atoms with Crippen LogP contribution in [0, 0.1) is 11.3 Å². The highest BCUT2D eigenvalue weighted by Crippen LogP contribution is 2.32. The maximum absolute atomic E-state index is 12.1. The van der Waals surface area contributed by atoms with Gasteiger partial charge in [0.15, 0.2) is 0 Å². The Morgan fingerprint density at radius 1 is 1.35 bits per heavy atom. The van der Waals surface area contributed by atoms with E-state index in [2.05, 4.69) is 42.2 Å². The third-order valence-corrected chi connectivity index (χ3v) is 3.53. The van der Waals surface area contributed by atoms with Crippen LogP contribution in [0.25, 0.3) is 0 Å². The number of halogens is 2. The van der Waals surface area contributed by atoms with Gasteiger partial charge in [0.05, 0.1) is 16.9 Å². The average molecular weight is 396 g/mol. The molecule has 0 atom stereocenters. The number of nitrogens with two attached hydrogens (primary N) is 1. The summed E-state index contributed by atoms with van der Waals surface area (Å²) in [6.45, 7) is 0. The SMILES string of the molecule is N#Cc1ccc(C(=O)Nc2c(N)cc(Br)cc2Br)nc1. The number of nitrogens with zero attached hydrogens (tertiary/aromatic N) is 2. The van der Waals surface area contributed by atoms with E-state index in [4.69, 9.17) is 11.0 Å². The number of rotatable bonds is 2. The highest BCUT2D eigenvalue weighted by atomic mass is 79.9. The van der Waals surface area contributed by atoms with E-state index in [1.54, 1.807) is 12.1 Å². The molecule has 100 valence electrons. The van der Waals surface area contributed by atoms with Crippen LogP contribution in [-0.2, 0) is 0 Å². The Balaban J connectivity index is 2.26. The molecule has 0 aliphatic carbocycles. The molecule has 1 aromatic heterocycles. The first-order valence-electron chi connectivity index (χ1n) is 5.43. The summed E-state index contributed by atoms with van der Waals surface area (Å²) in [5.74, 6) is -0.399. The fourth-order valence-electron chi connectivity index (χ4n) is 1.50. The number of carbonyl (C=O) groups is 1. The van der Waals surface area contributed by atoms with Gasteiger partial charge in [-0.25, -0.2) is 4.98 Å². The molecule has 2 rings (SSSR count). The Morgan fingerprint density at radius 3 is 2.65 bits per heavy atom. The number of benzene rings is 1. The third kappa shape index (κ3) is 3.15. The van der Waals surface area contributed by atoms with E-state index >= 15 is 0 Å². The van der Waals surface area contributed by atoms with Crippen molar-refractivity contribution in [2.24, 2.45) is 0 Å². The van der Waals surface area contributed by atoms with Gasteiger partial charge in [-0.15, -0.1) is 0 Å². The van der Waals surface area contributed by atoms with Crippen LogP contribution in [-0.4, -0.2) is 10.9 Å². The topological polar surface area (TPSA) is 91.8 Å². The van der Waals surface area contributed by atoms with E-state index in [0.29, 0.717) is 21.4 Å². The minimum atomic E-state index is -0.399. The van der Waals surface area contributed by atoms with Crippen molar-refractivity contribution in [3.8, 4) is 6.07 Å². The Bertz CT molecular complexity index is 684. The fourth-order valence-corrected chi connectivity index (χ4v) is 2.85. The second kappa shape index (κ2) is 6.03. The normalized spacial score (nSPS) is 9.85. The van der Waals surface area contributed by atoms with Crippen molar-refractivity contribution in [1.82, 2.24) is 4.98 Å². The summed E-state index contributed by atoms with van der Waals surface area (Å²) >= 11 is 6.64. The molecular formula is C13H8Br2N4O. The second-order valence-electron chi connectivity index (χ2n) is 3.85. The monoisotopic (exact) mass is 394 g/mol. The number of pyridine rings is 1. The minimum Gasteiger partial charge on any atom is -0.397 e. The molecule has 5 nitrogen and oxygen atoms in total. The Morgan fingerprint density at radius 2 is 2.10 bits per heavy atom. The maximum Gasteiger partial charge on any atom is 0.274 e. The number of hydrogen-bond donors (Lipinski definition) is 2. The lowest BCUT2D eigenvalue weighted by molar-refractivity contribution is 0.102. The van der Waals surface area contributed by atoms with Crippen LogP contribution < -0.4 is 11.1 Å². The van der Waals surface area contributed by atoms with Gasteiger partial charge in [-0.05, 0) is 40.2 Å². The van der Waals surface area contributed by atoms with Crippen LogP contribution >= 0.6 is 31.9 Å². The Kier molecular flexibility index (Phi) is 4.37. The molecule has 0 aliphatic heterocycles. The van der Waals surface area contributed by atoms with Gasteiger partial charge in [-0.3, -0.25) is 4.79 Å². The molecule has 0 bridgehead atoms. The van der Waals surface area contributed by atoms with Gasteiger partial charge >= 0.3 is 0 Å². The first kappa shape index (κ1) is 14.5. The van der Waals surface area contributed by atoms with Gasteiger partial charge in [0.25, 0.3) is 5.91 Å². The molecule has 0 aliphatic rings. The van der Waals surface area contributed by atoms with Crippen molar-refractivity contribution in [3.05, 3.63) is 50.7 Å². The number of anilines is 2. The van der Waals surface area contributed by atoms with E-state index < -0.39 is 5.91 Å². The summed E-state index contributed by atoms with van der Waals surface area (Å²) in [5, 5.41) is 11.4. The predicted octanol–water partition coefficient (Wildman–Crippen LogP) is 3.31. The molecule has 20 heavy (non-hydrogen) atoms. The Labute approximate surface area is 132 Å². The lowest BCUT2D eigenvalue weighted by atomic mass is 10.2. The summed E-state index contributed by atoms with van der Waals surface area (Å²) < 4.78 is 1.46. The van der Waals surface area contributed by atoms with E-state index in [9.17, 15) is 4.79 Å². The molecule has 1 amide bonds. The van der Waals surface area contributed by atoms with Crippen LogP contribution in [0.5, 0.6) is 0 Å². The fraction of sp³-hybridized carbons (Fsp3) is 0. The lowest BCUT2D eigenvalue weighted by Crippen LogP contribution is -2.15. The molecule has 7 heteroatoms. The zero-order valence-electron chi connectivity index (χ0n) is 10.0. The summed E-state index contributed by atoms with van der Waals surface area (Å²) in [6.07, 6.45) is 1.34. The van der Waals surface area contributed by atoms with Crippen molar-refractivity contribution in [3.63, 3.8) is 0 Å².